The van der Waals surface area contributed by atoms with E-state index in [0.717, 1.165) is 19.5 Å². The molecule has 0 unspecified atom stereocenters. The molecule has 0 spiro atoms. The van der Waals surface area contributed by atoms with Crippen LogP contribution in [0.1, 0.15) is 27.2 Å². The summed E-state index contributed by atoms with van der Waals surface area (Å²) in [7, 11) is 0. The lowest BCUT2D eigenvalue weighted by atomic mass is 10.2. The lowest BCUT2D eigenvalue weighted by molar-refractivity contribution is 0.293. The lowest BCUT2D eigenvalue weighted by Gasteiger charge is -2.10. The molecule has 0 saturated carbocycles. The molecule has 0 aliphatic carbocycles. The van der Waals surface area contributed by atoms with E-state index in [0.29, 0.717) is 19.1 Å². The van der Waals surface area contributed by atoms with Crippen LogP contribution in [-0.2, 0) is 6.54 Å². The monoisotopic (exact) mass is 253 g/mol. The molecule has 0 fully saturated rings. The third-order valence-electron chi connectivity index (χ3n) is 2.39. The minimum absolute atomic E-state index is 0.151. The first-order valence-corrected chi connectivity index (χ1v) is 6.54. The molecule has 0 aliphatic rings. The van der Waals surface area contributed by atoms with Gasteiger partial charge in [-0.05, 0) is 18.9 Å². The van der Waals surface area contributed by atoms with Crippen molar-refractivity contribution in [3.8, 4) is 5.88 Å². The van der Waals surface area contributed by atoms with Crippen molar-refractivity contribution in [2.45, 2.75) is 33.7 Å². The molecule has 0 saturated heterocycles. The molecular formula is C13H23N3O2. The van der Waals surface area contributed by atoms with E-state index in [-0.39, 0.29) is 11.4 Å². The Kier molecular flexibility index (Phi) is 6.43. The number of aromatic nitrogens is 2. The lowest BCUT2D eigenvalue weighted by Crippen LogP contribution is -2.27. The molecule has 1 heterocycles. The molecule has 0 amide bonds. The maximum atomic E-state index is 12.0. The Balaban J connectivity index is 2.53. The van der Waals surface area contributed by atoms with Gasteiger partial charge in [0.25, 0.3) is 5.88 Å². The van der Waals surface area contributed by atoms with Crippen LogP contribution < -0.4 is 15.6 Å². The number of rotatable bonds is 8. The van der Waals surface area contributed by atoms with Crippen LogP contribution in [0.5, 0.6) is 5.88 Å². The summed E-state index contributed by atoms with van der Waals surface area (Å²) in [5.74, 6) is 0.612. The van der Waals surface area contributed by atoms with Gasteiger partial charge in [0.15, 0.2) is 0 Å². The van der Waals surface area contributed by atoms with Crippen molar-refractivity contribution < 1.29 is 4.74 Å². The zero-order valence-corrected chi connectivity index (χ0v) is 11.5. The van der Waals surface area contributed by atoms with Crippen molar-refractivity contribution >= 4 is 0 Å². The van der Waals surface area contributed by atoms with Gasteiger partial charge in [-0.25, -0.2) is 4.98 Å². The molecule has 1 aromatic heterocycles. The fraction of sp³-hybridized carbons (Fsp3) is 0.692. The van der Waals surface area contributed by atoms with Crippen molar-refractivity contribution in [2.24, 2.45) is 5.92 Å². The van der Waals surface area contributed by atoms with Gasteiger partial charge in [0.05, 0.1) is 0 Å². The summed E-state index contributed by atoms with van der Waals surface area (Å²) >= 11 is 0. The SMILES string of the molecule is CCCNCCOc1nccn(CC(C)C)c1=O. The van der Waals surface area contributed by atoms with Gasteiger partial charge in [0.2, 0.25) is 0 Å². The highest BCUT2D eigenvalue weighted by atomic mass is 16.5. The number of nitrogens with zero attached hydrogens (tertiary/aromatic N) is 2. The highest BCUT2D eigenvalue weighted by molar-refractivity contribution is 5.04. The van der Waals surface area contributed by atoms with Crippen molar-refractivity contribution in [3.63, 3.8) is 0 Å². The summed E-state index contributed by atoms with van der Waals surface area (Å²) in [6.07, 6.45) is 4.40. The first-order valence-electron chi connectivity index (χ1n) is 6.54. The fourth-order valence-electron chi connectivity index (χ4n) is 1.59. The van der Waals surface area contributed by atoms with Gasteiger partial charge < -0.3 is 14.6 Å². The van der Waals surface area contributed by atoms with Gasteiger partial charge in [-0.1, -0.05) is 20.8 Å². The van der Waals surface area contributed by atoms with E-state index < -0.39 is 0 Å². The Bertz CT molecular complexity index is 401. The van der Waals surface area contributed by atoms with Crippen LogP contribution in [0, 0.1) is 5.92 Å². The minimum Gasteiger partial charge on any atom is -0.472 e. The first kappa shape index (κ1) is 14.7. The van der Waals surface area contributed by atoms with Crippen molar-refractivity contribution in [1.29, 1.82) is 0 Å². The van der Waals surface area contributed by atoms with E-state index in [4.69, 9.17) is 4.74 Å². The average molecular weight is 253 g/mol. The van der Waals surface area contributed by atoms with E-state index >= 15 is 0 Å². The molecule has 5 nitrogen and oxygen atoms in total. The smallest absolute Gasteiger partial charge is 0.313 e. The highest BCUT2D eigenvalue weighted by Gasteiger charge is 2.06. The van der Waals surface area contributed by atoms with Crippen molar-refractivity contribution in [1.82, 2.24) is 14.9 Å². The molecule has 0 atom stereocenters. The summed E-state index contributed by atoms with van der Waals surface area (Å²) < 4.78 is 7.04. The summed E-state index contributed by atoms with van der Waals surface area (Å²) in [4.78, 5) is 16.0. The zero-order chi connectivity index (χ0) is 13.4. The number of hydrogen-bond donors (Lipinski definition) is 1. The normalized spacial score (nSPS) is 10.9. The molecule has 0 aliphatic heterocycles. The molecule has 0 aromatic carbocycles. The Morgan fingerprint density at radius 1 is 1.44 bits per heavy atom. The van der Waals surface area contributed by atoms with Crippen LogP contribution in [-0.4, -0.2) is 29.2 Å². The molecule has 1 N–H and O–H groups in total. The predicted octanol–water partition coefficient (Wildman–Crippen LogP) is 1.28. The van der Waals surface area contributed by atoms with Gasteiger partial charge in [-0.3, -0.25) is 4.79 Å². The maximum Gasteiger partial charge on any atom is 0.313 e. The topological polar surface area (TPSA) is 56.1 Å². The van der Waals surface area contributed by atoms with E-state index in [2.05, 4.69) is 31.1 Å². The Hall–Kier alpha value is -1.36. The van der Waals surface area contributed by atoms with Gasteiger partial charge in [-0.15, -0.1) is 0 Å². The standard InChI is InChI=1S/C13H23N3O2/c1-4-5-14-7-9-18-12-13(17)16(8-6-15-12)10-11(2)3/h6,8,11,14H,4-5,7,9-10H2,1-3H3. The Morgan fingerprint density at radius 3 is 2.89 bits per heavy atom. The van der Waals surface area contributed by atoms with E-state index in [1.54, 1.807) is 17.0 Å². The number of nitrogens with one attached hydrogen (secondary N) is 1. The molecule has 5 heteroatoms. The third kappa shape index (κ3) is 4.87. The number of hydrogen-bond acceptors (Lipinski definition) is 4. The molecule has 0 radical (unpaired) electrons. The molecule has 18 heavy (non-hydrogen) atoms. The van der Waals surface area contributed by atoms with E-state index in [1.807, 2.05) is 0 Å². The third-order valence-corrected chi connectivity index (χ3v) is 2.39. The van der Waals surface area contributed by atoms with Crippen LogP contribution in [0.3, 0.4) is 0 Å². The molecule has 1 rings (SSSR count). The largest absolute Gasteiger partial charge is 0.472 e. The summed E-state index contributed by atoms with van der Waals surface area (Å²) in [5.41, 5.74) is -0.151. The van der Waals surface area contributed by atoms with Crippen LogP contribution >= 0.6 is 0 Å². The van der Waals surface area contributed by atoms with Gasteiger partial charge in [0.1, 0.15) is 6.61 Å². The first-order chi connectivity index (χ1) is 8.65. The molecule has 0 bridgehead atoms. The molecular weight excluding hydrogens is 230 g/mol. The van der Waals surface area contributed by atoms with E-state index in [9.17, 15) is 4.79 Å². The van der Waals surface area contributed by atoms with E-state index in [1.165, 1.54) is 0 Å². The molecule has 102 valence electrons. The number of ether oxygens (including phenoxy) is 1. The summed E-state index contributed by atoms with van der Waals surface area (Å²) in [6.45, 7) is 9.10. The second-order valence-corrected chi connectivity index (χ2v) is 4.68. The minimum atomic E-state index is -0.151. The average Bonchev–Trinajstić information content (AvgIpc) is 2.33. The van der Waals surface area contributed by atoms with Gasteiger partial charge in [-0.2, -0.15) is 0 Å². The second-order valence-electron chi connectivity index (χ2n) is 4.68. The quantitative estimate of drug-likeness (QED) is 0.709. The zero-order valence-electron chi connectivity index (χ0n) is 11.5. The van der Waals surface area contributed by atoms with Crippen LogP contribution in [0.2, 0.25) is 0 Å². The Morgan fingerprint density at radius 2 is 2.22 bits per heavy atom. The fourth-order valence-corrected chi connectivity index (χ4v) is 1.59. The predicted molar refractivity (Wildman–Crippen MR) is 72.0 cm³/mol. The van der Waals surface area contributed by atoms with Gasteiger partial charge >= 0.3 is 5.56 Å². The molecule has 1 aromatic rings. The Labute approximate surface area is 108 Å². The van der Waals surface area contributed by atoms with Crippen LogP contribution in [0.4, 0.5) is 0 Å². The maximum absolute atomic E-state index is 12.0. The van der Waals surface area contributed by atoms with Gasteiger partial charge in [0, 0.05) is 25.5 Å². The van der Waals surface area contributed by atoms with Crippen LogP contribution in [0.15, 0.2) is 17.2 Å². The van der Waals surface area contributed by atoms with Crippen molar-refractivity contribution in [3.05, 3.63) is 22.7 Å². The van der Waals surface area contributed by atoms with Crippen molar-refractivity contribution in [2.75, 3.05) is 19.7 Å². The van der Waals surface area contributed by atoms with Crippen LogP contribution in [0.25, 0.3) is 0 Å². The summed E-state index contributed by atoms with van der Waals surface area (Å²) in [5, 5.41) is 3.21. The summed E-state index contributed by atoms with van der Waals surface area (Å²) in [6, 6.07) is 0. The highest BCUT2D eigenvalue weighted by Crippen LogP contribution is 2.00. The second kappa shape index (κ2) is 7.87.